The Kier molecular flexibility index (Phi) is 5.43. The van der Waals surface area contributed by atoms with Crippen LogP contribution in [0.4, 0.5) is 0 Å². The Morgan fingerprint density at radius 2 is 1.81 bits per heavy atom. The molecule has 142 valence electrons. The SMILES string of the molecule is O=C(OCC(=O)N1CCCCCCC1)c1cc2c(s1)-c1ccccc1OC2. The third-order valence-electron chi connectivity index (χ3n) is 5.06. The predicted octanol–water partition coefficient (Wildman–Crippen LogP) is 4.26. The van der Waals surface area contributed by atoms with Crippen LogP contribution in [-0.4, -0.2) is 36.5 Å². The van der Waals surface area contributed by atoms with Crippen LogP contribution in [0.25, 0.3) is 10.4 Å². The number of likely N-dealkylation sites (tertiary alicyclic amines) is 1. The van der Waals surface area contributed by atoms with Crippen LogP contribution in [0.15, 0.2) is 30.3 Å². The molecule has 1 amide bonds. The van der Waals surface area contributed by atoms with Crippen molar-refractivity contribution < 1.29 is 19.1 Å². The number of nitrogens with zero attached hydrogens (tertiary/aromatic N) is 1. The van der Waals surface area contributed by atoms with Gasteiger partial charge in [-0.2, -0.15) is 0 Å². The second-order valence-corrected chi connectivity index (χ2v) is 8.03. The fourth-order valence-electron chi connectivity index (χ4n) is 3.59. The second kappa shape index (κ2) is 8.13. The maximum atomic E-state index is 12.5. The van der Waals surface area contributed by atoms with Crippen molar-refractivity contribution in [3.8, 4) is 16.2 Å². The van der Waals surface area contributed by atoms with Gasteiger partial charge in [-0.3, -0.25) is 4.79 Å². The maximum Gasteiger partial charge on any atom is 0.348 e. The minimum atomic E-state index is -0.438. The van der Waals surface area contributed by atoms with Crippen molar-refractivity contribution in [1.29, 1.82) is 0 Å². The monoisotopic (exact) mass is 385 g/mol. The van der Waals surface area contributed by atoms with Crippen molar-refractivity contribution in [2.75, 3.05) is 19.7 Å². The fraction of sp³-hybridized carbons (Fsp3) is 0.429. The zero-order valence-electron chi connectivity index (χ0n) is 15.2. The zero-order chi connectivity index (χ0) is 18.6. The summed E-state index contributed by atoms with van der Waals surface area (Å²) in [6, 6.07) is 9.63. The molecule has 4 rings (SSSR count). The lowest BCUT2D eigenvalue weighted by atomic mass is 10.1. The number of rotatable bonds is 3. The summed E-state index contributed by atoms with van der Waals surface area (Å²) in [5.41, 5.74) is 1.99. The van der Waals surface area contributed by atoms with E-state index in [1.807, 2.05) is 35.2 Å². The predicted molar refractivity (Wildman–Crippen MR) is 104 cm³/mol. The van der Waals surface area contributed by atoms with Crippen molar-refractivity contribution in [3.63, 3.8) is 0 Å². The summed E-state index contributed by atoms with van der Waals surface area (Å²) in [7, 11) is 0. The van der Waals surface area contributed by atoms with Gasteiger partial charge in [0.25, 0.3) is 5.91 Å². The van der Waals surface area contributed by atoms with E-state index in [-0.39, 0.29) is 12.5 Å². The first-order valence-corrected chi connectivity index (χ1v) is 10.3. The number of hydrogen-bond acceptors (Lipinski definition) is 5. The Morgan fingerprint density at radius 1 is 1.07 bits per heavy atom. The van der Waals surface area contributed by atoms with Crippen molar-refractivity contribution in [1.82, 2.24) is 4.90 Å². The number of carbonyl (C=O) groups is 2. The number of benzene rings is 1. The van der Waals surface area contributed by atoms with Crippen molar-refractivity contribution in [2.45, 2.75) is 38.7 Å². The first-order chi connectivity index (χ1) is 13.2. The molecule has 1 aromatic heterocycles. The van der Waals surface area contributed by atoms with Crippen molar-refractivity contribution in [2.24, 2.45) is 0 Å². The molecule has 0 saturated carbocycles. The van der Waals surface area contributed by atoms with Gasteiger partial charge in [0.2, 0.25) is 0 Å². The average molecular weight is 385 g/mol. The van der Waals surface area contributed by atoms with Gasteiger partial charge in [-0.15, -0.1) is 11.3 Å². The lowest BCUT2D eigenvalue weighted by molar-refractivity contribution is -0.134. The summed E-state index contributed by atoms with van der Waals surface area (Å²) in [4.78, 5) is 28.2. The largest absolute Gasteiger partial charge is 0.488 e. The number of fused-ring (bicyclic) bond motifs is 3. The molecule has 3 heterocycles. The van der Waals surface area contributed by atoms with Crippen LogP contribution in [0.2, 0.25) is 0 Å². The highest BCUT2D eigenvalue weighted by molar-refractivity contribution is 7.17. The average Bonchev–Trinajstić information content (AvgIpc) is 3.10. The van der Waals surface area contributed by atoms with E-state index in [1.165, 1.54) is 17.8 Å². The van der Waals surface area contributed by atoms with Gasteiger partial charge in [0.05, 0.1) is 0 Å². The van der Waals surface area contributed by atoms with Gasteiger partial charge < -0.3 is 14.4 Å². The summed E-state index contributed by atoms with van der Waals surface area (Å²) in [5, 5.41) is 0. The molecule has 1 aromatic carbocycles. The number of thiophene rings is 1. The number of para-hydroxylation sites is 1. The van der Waals surface area contributed by atoms with Gasteiger partial charge >= 0.3 is 5.97 Å². The quantitative estimate of drug-likeness (QED) is 0.741. The number of esters is 1. The van der Waals surface area contributed by atoms with E-state index >= 15 is 0 Å². The van der Waals surface area contributed by atoms with E-state index in [1.54, 1.807) is 0 Å². The van der Waals surface area contributed by atoms with E-state index in [0.717, 1.165) is 60.5 Å². The van der Waals surface area contributed by atoms with E-state index in [9.17, 15) is 9.59 Å². The second-order valence-electron chi connectivity index (χ2n) is 6.97. The first-order valence-electron chi connectivity index (χ1n) is 9.52. The van der Waals surface area contributed by atoms with Gasteiger partial charge in [0.1, 0.15) is 17.2 Å². The van der Waals surface area contributed by atoms with Gasteiger partial charge in [0, 0.05) is 29.1 Å². The zero-order valence-corrected chi connectivity index (χ0v) is 16.1. The third-order valence-corrected chi connectivity index (χ3v) is 6.25. The Morgan fingerprint density at radius 3 is 2.63 bits per heavy atom. The summed E-state index contributed by atoms with van der Waals surface area (Å²) < 4.78 is 11.1. The standard InChI is InChI=1S/C21H23NO4S/c23-19(22-10-6-2-1-3-7-11-22)14-26-21(24)18-12-15-13-25-17-9-5-4-8-16(17)20(15)27-18/h4-5,8-9,12H,1-3,6-7,10-11,13-14H2. The molecule has 1 saturated heterocycles. The number of amides is 1. The van der Waals surface area contributed by atoms with Crippen LogP contribution in [0.5, 0.6) is 5.75 Å². The molecule has 5 nitrogen and oxygen atoms in total. The van der Waals surface area contributed by atoms with Crippen LogP contribution >= 0.6 is 11.3 Å². The molecule has 2 aliphatic rings. The van der Waals surface area contributed by atoms with Gasteiger partial charge in [0.15, 0.2) is 6.61 Å². The number of hydrogen-bond donors (Lipinski definition) is 0. The Balaban J connectivity index is 1.39. The molecule has 0 spiro atoms. The molecule has 6 heteroatoms. The van der Waals surface area contributed by atoms with Crippen LogP contribution in [0.1, 0.15) is 47.3 Å². The van der Waals surface area contributed by atoms with Gasteiger partial charge in [-0.1, -0.05) is 31.4 Å². The molecule has 1 fully saturated rings. The third kappa shape index (κ3) is 4.00. The minimum Gasteiger partial charge on any atom is -0.488 e. The lowest BCUT2D eigenvalue weighted by Gasteiger charge is -2.24. The molecule has 0 atom stereocenters. The Hall–Kier alpha value is -2.34. The Bertz CT molecular complexity index is 836. The number of carbonyl (C=O) groups excluding carboxylic acids is 2. The van der Waals surface area contributed by atoms with E-state index in [2.05, 4.69) is 0 Å². The molecular weight excluding hydrogens is 362 g/mol. The summed E-state index contributed by atoms with van der Waals surface area (Å²) in [6.07, 6.45) is 5.61. The molecule has 0 unspecified atom stereocenters. The Labute approximate surface area is 162 Å². The molecule has 2 aliphatic heterocycles. The summed E-state index contributed by atoms with van der Waals surface area (Å²) >= 11 is 1.40. The number of ether oxygens (including phenoxy) is 2. The normalized spacial score (nSPS) is 16.4. The van der Waals surface area contributed by atoms with E-state index in [0.29, 0.717) is 11.5 Å². The van der Waals surface area contributed by atoms with Crippen LogP contribution < -0.4 is 4.74 Å². The van der Waals surface area contributed by atoms with Crippen LogP contribution in [-0.2, 0) is 16.1 Å². The fourth-order valence-corrected chi connectivity index (χ4v) is 4.68. The van der Waals surface area contributed by atoms with Crippen LogP contribution in [0, 0.1) is 0 Å². The molecule has 2 aromatic rings. The highest BCUT2D eigenvalue weighted by Crippen LogP contribution is 2.42. The first kappa shape index (κ1) is 18.0. The molecule has 0 radical (unpaired) electrons. The lowest BCUT2D eigenvalue weighted by Crippen LogP contribution is -2.36. The summed E-state index contributed by atoms with van der Waals surface area (Å²) in [5.74, 6) is 0.298. The molecular formula is C21H23NO4S. The van der Waals surface area contributed by atoms with Crippen molar-refractivity contribution in [3.05, 3.63) is 40.8 Å². The molecule has 0 aliphatic carbocycles. The van der Waals surface area contributed by atoms with Crippen molar-refractivity contribution >= 4 is 23.2 Å². The van der Waals surface area contributed by atoms with Crippen LogP contribution in [0.3, 0.4) is 0 Å². The topological polar surface area (TPSA) is 55.8 Å². The van der Waals surface area contributed by atoms with Gasteiger partial charge in [-0.25, -0.2) is 4.79 Å². The molecule has 27 heavy (non-hydrogen) atoms. The molecule has 0 bridgehead atoms. The van der Waals surface area contributed by atoms with E-state index < -0.39 is 5.97 Å². The summed E-state index contributed by atoms with van der Waals surface area (Å²) in [6.45, 7) is 1.78. The maximum absolute atomic E-state index is 12.5. The minimum absolute atomic E-state index is 0.0970. The highest BCUT2D eigenvalue weighted by atomic mass is 32.1. The smallest absolute Gasteiger partial charge is 0.348 e. The molecule has 0 N–H and O–H groups in total. The van der Waals surface area contributed by atoms with E-state index in [4.69, 9.17) is 9.47 Å². The van der Waals surface area contributed by atoms with Gasteiger partial charge in [-0.05, 0) is 31.0 Å². The highest BCUT2D eigenvalue weighted by Gasteiger charge is 2.24.